The Morgan fingerprint density at radius 1 is 0.676 bits per heavy atom. The Hall–Kier alpha value is -3.70. The molecule has 3 rings (SSSR count). The van der Waals surface area contributed by atoms with E-state index in [1.807, 2.05) is 0 Å². The minimum atomic E-state index is -1.68. The molecule has 1 aromatic carbocycles. The Morgan fingerprint density at radius 2 is 1.06 bits per heavy atom. The summed E-state index contributed by atoms with van der Waals surface area (Å²) in [6, 6.07) is 8.30. The van der Waals surface area contributed by atoms with Gasteiger partial charge in [0.15, 0.2) is 0 Å². The lowest BCUT2D eigenvalue weighted by atomic mass is 9.81. The molecule has 1 spiro atoms. The summed E-state index contributed by atoms with van der Waals surface area (Å²) in [5, 5.41) is 0. The van der Waals surface area contributed by atoms with Crippen molar-refractivity contribution in [2.75, 3.05) is 60.5 Å². The van der Waals surface area contributed by atoms with Gasteiger partial charge in [-0.15, -0.1) is 0 Å². The predicted octanol–water partition coefficient (Wildman–Crippen LogP) is 0.280. The zero-order chi connectivity index (χ0) is 25.2. The predicted molar refractivity (Wildman–Crippen MR) is 119 cm³/mol. The summed E-state index contributed by atoms with van der Waals surface area (Å²) >= 11 is 0. The molecule has 182 valence electrons. The summed E-state index contributed by atoms with van der Waals surface area (Å²) in [5.41, 5.74) is -2.33. The van der Waals surface area contributed by atoms with E-state index in [0.717, 1.165) is 28.4 Å². The van der Waals surface area contributed by atoms with E-state index in [1.165, 1.54) is 4.90 Å². The molecule has 2 aliphatic rings. The van der Waals surface area contributed by atoms with Crippen LogP contribution in [0.4, 0.5) is 5.69 Å². The Bertz CT molecular complexity index is 1010. The number of esters is 4. The molecular formula is C23H27N3O8. The van der Waals surface area contributed by atoms with Gasteiger partial charge in [0.25, 0.3) is 0 Å². The standard InChI is InChI=1S/C23H27N3O8/c1-24-12-13-25(2)23(24)15(19(27)31-3)17(21(29)33-5)26(14-10-8-7-9-11-14)18(22(30)34-6)16(23)20(28)32-4/h7-11H,12-13H2,1-6H3. The number of benzene rings is 1. The number of para-hydroxylation sites is 1. The number of carbonyl (C=O) groups excluding carboxylic acids is 4. The third kappa shape index (κ3) is 3.53. The zero-order valence-corrected chi connectivity index (χ0v) is 19.9. The van der Waals surface area contributed by atoms with Crippen molar-refractivity contribution in [1.82, 2.24) is 9.80 Å². The largest absolute Gasteiger partial charge is 0.465 e. The number of nitrogens with zero attached hydrogens (tertiary/aromatic N) is 3. The van der Waals surface area contributed by atoms with E-state index < -0.39 is 29.5 Å². The van der Waals surface area contributed by atoms with Crippen molar-refractivity contribution in [3.63, 3.8) is 0 Å². The fourth-order valence-corrected chi connectivity index (χ4v) is 4.57. The molecule has 0 radical (unpaired) electrons. The van der Waals surface area contributed by atoms with E-state index in [2.05, 4.69) is 0 Å². The summed E-state index contributed by atoms with van der Waals surface area (Å²) in [4.78, 5) is 57.8. The molecule has 0 saturated carbocycles. The molecule has 11 heteroatoms. The maximum absolute atomic E-state index is 13.4. The molecule has 0 atom stereocenters. The van der Waals surface area contributed by atoms with E-state index in [4.69, 9.17) is 18.9 Å². The van der Waals surface area contributed by atoms with E-state index in [9.17, 15) is 19.2 Å². The van der Waals surface area contributed by atoms with Crippen LogP contribution in [0.1, 0.15) is 0 Å². The first-order valence-electron chi connectivity index (χ1n) is 10.3. The lowest BCUT2D eigenvalue weighted by molar-refractivity contribution is -0.145. The molecule has 1 fully saturated rings. The lowest BCUT2D eigenvalue weighted by Gasteiger charge is -2.48. The molecular weight excluding hydrogens is 446 g/mol. The van der Waals surface area contributed by atoms with Crippen LogP contribution >= 0.6 is 0 Å². The maximum atomic E-state index is 13.4. The number of ether oxygens (including phenoxy) is 4. The monoisotopic (exact) mass is 473 g/mol. The molecule has 2 heterocycles. The second-order valence-electron chi connectivity index (χ2n) is 7.60. The number of carbonyl (C=O) groups is 4. The van der Waals surface area contributed by atoms with Crippen molar-refractivity contribution >= 4 is 29.6 Å². The van der Waals surface area contributed by atoms with Gasteiger partial charge in [0.2, 0.25) is 0 Å². The van der Waals surface area contributed by atoms with Gasteiger partial charge < -0.3 is 18.9 Å². The average molecular weight is 473 g/mol. The summed E-state index contributed by atoms with van der Waals surface area (Å²) < 4.78 is 20.3. The topological polar surface area (TPSA) is 115 Å². The first-order chi connectivity index (χ1) is 16.2. The Kier molecular flexibility index (Phi) is 7.08. The number of hydrogen-bond donors (Lipinski definition) is 0. The van der Waals surface area contributed by atoms with Gasteiger partial charge in [0.05, 0.1) is 28.4 Å². The molecule has 0 N–H and O–H groups in total. The van der Waals surface area contributed by atoms with Crippen LogP contribution in [0.25, 0.3) is 0 Å². The van der Waals surface area contributed by atoms with E-state index in [1.54, 1.807) is 54.2 Å². The molecule has 0 aliphatic carbocycles. The molecule has 1 aromatic rings. The van der Waals surface area contributed by atoms with Crippen LogP contribution < -0.4 is 4.90 Å². The van der Waals surface area contributed by atoms with Crippen molar-refractivity contribution in [3.05, 3.63) is 52.9 Å². The van der Waals surface area contributed by atoms with Crippen LogP contribution in [-0.4, -0.2) is 95.0 Å². The smallest absolute Gasteiger partial charge is 0.355 e. The lowest BCUT2D eigenvalue weighted by Crippen LogP contribution is -2.62. The highest BCUT2D eigenvalue weighted by Crippen LogP contribution is 2.48. The third-order valence-electron chi connectivity index (χ3n) is 6.04. The minimum Gasteiger partial charge on any atom is -0.465 e. The van der Waals surface area contributed by atoms with Crippen LogP contribution in [0.2, 0.25) is 0 Å². The minimum absolute atomic E-state index is 0.193. The molecule has 2 aliphatic heterocycles. The molecule has 34 heavy (non-hydrogen) atoms. The molecule has 0 aromatic heterocycles. The Morgan fingerprint density at radius 3 is 1.41 bits per heavy atom. The third-order valence-corrected chi connectivity index (χ3v) is 6.04. The summed E-state index contributed by atoms with van der Waals surface area (Å²) in [6.45, 7) is 0.789. The highest BCUT2D eigenvalue weighted by molar-refractivity contribution is 6.15. The molecule has 0 unspecified atom stereocenters. The second kappa shape index (κ2) is 9.65. The van der Waals surface area contributed by atoms with E-state index in [-0.39, 0.29) is 22.5 Å². The normalized spacial score (nSPS) is 18.2. The van der Waals surface area contributed by atoms with E-state index >= 15 is 0 Å². The summed E-state index contributed by atoms with van der Waals surface area (Å²) in [7, 11) is 7.96. The van der Waals surface area contributed by atoms with Crippen LogP contribution in [0.5, 0.6) is 0 Å². The van der Waals surface area contributed by atoms with Gasteiger partial charge in [0, 0.05) is 18.8 Å². The molecule has 0 amide bonds. The SMILES string of the molecule is COC(=O)C1=C(C(=O)OC)C2(C(C(=O)OC)=C(C(=O)OC)N1c1ccccc1)N(C)CCN2C. The van der Waals surface area contributed by atoms with Crippen molar-refractivity contribution < 1.29 is 38.1 Å². The van der Waals surface area contributed by atoms with Gasteiger partial charge in [-0.2, -0.15) is 0 Å². The van der Waals surface area contributed by atoms with Crippen molar-refractivity contribution in [2.24, 2.45) is 0 Å². The van der Waals surface area contributed by atoms with E-state index in [0.29, 0.717) is 18.8 Å². The number of anilines is 1. The van der Waals surface area contributed by atoms with Gasteiger partial charge in [-0.3, -0.25) is 14.7 Å². The Labute approximate surface area is 197 Å². The van der Waals surface area contributed by atoms with Gasteiger partial charge in [0.1, 0.15) is 28.2 Å². The van der Waals surface area contributed by atoms with Crippen LogP contribution in [0, 0.1) is 0 Å². The van der Waals surface area contributed by atoms with Gasteiger partial charge in [-0.25, -0.2) is 19.2 Å². The van der Waals surface area contributed by atoms with Crippen LogP contribution in [0.15, 0.2) is 52.9 Å². The van der Waals surface area contributed by atoms with Gasteiger partial charge in [-0.1, -0.05) is 18.2 Å². The van der Waals surface area contributed by atoms with Gasteiger partial charge in [-0.05, 0) is 26.2 Å². The number of rotatable bonds is 5. The average Bonchev–Trinajstić information content (AvgIpc) is 3.15. The first kappa shape index (κ1) is 24.9. The van der Waals surface area contributed by atoms with Gasteiger partial charge >= 0.3 is 23.9 Å². The molecule has 1 saturated heterocycles. The summed E-state index contributed by atoms with van der Waals surface area (Å²) in [5.74, 6) is -3.59. The Balaban J connectivity index is 2.63. The quantitative estimate of drug-likeness (QED) is 0.434. The van der Waals surface area contributed by atoms with Crippen molar-refractivity contribution in [3.8, 4) is 0 Å². The maximum Gasteiger partial charge on any atom is 0.355 e. The highest BCUT2D eigenvalue weighted by Gasteiger charge is 2.62. The molecule has 11 nitrogen and oxygen atoms in total. The highest BCUT2D eigenvalue weighted by atomic mass is 16.5. The zero-order valence-electron chi connectivity index (χ0n) is 19.9. The number of hydrogen-bond acceptors (Lipinski definition) is 11. The first-order valence-corrected chi connectivity index (χ1v) is 10.3. The summed E-state index contributed by atoms with van der Waals surface area (Å²) in [6.07, 6.45) is 0. The fraction of sp³-hybridized carbons (Fsp3) is 0.391. The number of likely N-dealkylation sites (N-methyl/N-ethyl adjacent to an activating group) is 2. The van der Waals surface area contributed by atoms with Crippen molar-refractivity contribution in [2.45, 2.75) is 5.66 Å². The molecule has 0 bridgehead atoms. The fourth-order valence-electron chi connectivity index (χ4n) is 4.57. The van der Waals surface area contributed by atoms with Crippen LogP contribution in [-0.2, 0) is 38.1 Å². The number of methoxy groups -OCH3 is 4. The van der Waals surface area contributed by atoms with Crippen LogP contribution in [0.3, 0.4) is 0 Å². The van der Waals surface area contributed by atoms with Crippen molar-refractivity contribution in [1.29, 1.82) is 0 Å². The second-order valence-corrected chi connectivity index (χ2v) is 7.60.